The molecule has 0 N–H and O–H groups in total. The maximum Gasteiger partial charge on any atom is 0.0529 e. The number of benzene rings is 3. The van der Waals surface area contributed by atoms with Gasteiger partial charge in [-0.1, -0.05) is 84.5 Å². The maximum absolute atomic E-state index is 12.5. The summed E-state index contributed by atoms with van der Waals surface area (Å²) in [5.74, 6) is 0.737. The van der Waals surface area contributed by atoms with Gasteiger partial charge >= 0.3 is 0 Å². The Labute approximate surface area is 193 Å². The minimum Gasteiger partial charge on any atom is -0.303 e. The van der Waals surface area contributed by atoms with Crippen molar-refractivity contribution in [3.05, 3.63) is 107 Å². The van der Waals surface area contributed by atoms with E-state index in [1.54, 1.807) is 5.57 Å². The molecule has 0 radical (unpaired) electrons. The molecule has 5 rings (SSSR count). The lowest BCUT2D eigenvalue weighted by atomic mass is 9.86. The number of hydrogen-bond acceptors (Lipinski definition) is 2. The van der Waals surface area contributed by atoms with Crippen molar-refractivity contribution in [2.75, 3.05) is 25.4 Å². The van der Waals surface area contributed by atoms with E-state index >= 15 is 0 Å². The molecule has 3 aromatic rings. The Balaban J connectivity index is 1.29. The SMILES string of the molecule is O=S(CCCN1CCC(=C2c3ccccc3C=Cc3ccccc32)CC1)c1ccccc1. The summed E-state index contributed by atoms with van der Waals surface area (Å²) in [6.07, 6.45) is 7.68. The Morgan fingerprint density at radius 3 is 1.91 bits per heavy atom. The molecular formula is C29H29NOS. The van der Waals surface area contributed by atoms with Crippen LogP contribution in [0.15, 0.2) is 89.3 Å². The summed E-state index contributed by atoms with van der Waals surface area (Å²) in [6.45, 7) is 3.18. The highest BCUT2D eigenvalue weighted by Gasteiger charge is 2.22. The predicted octanol–water partition coefficient (Wildman–Crippen LogP) is 6.27. The van der Waals surface area contributed by atoms with Crippen LogP contribution in [-0.2, 0) is 10.8 Å². The van der Waals surface area contributed by atoms with E-state index < -0.39 is 10.8 Å². The molecule has 1 aliphatic heterocycles. The van der Waals surface area contributed by atoms with Gasteiger partial charge in [0.15, 0.2) is 0 Å². The fourth-order valence-electron chi connectivity index (χ4n) is 4.85. The summed E-state index contributed by atoms with van der Waals surface area (Å²) in [5.41, 5.74) is 8.32. The van der Waals surface area contributed by atoms with Crippen LogP contribution in [0, 0.1) is 0 Å². The van der Waals surface area contributed by atoms with Crippen LogP contribution in [0.3, 0.4) is 0 Å². The van der Waals surface area contributed by atoms with Crippen LogP contribution in [0.4, 0.5) is 0 Å². The molecule has 32 heavy (non-hydrogen) atoms. The number of nitrogens with zero attached hydrogens (tertiary/aromatic N) is 1. The summed E-state index contributed by atoms with van der Waals surface area (Å²) in [6, 6.07) is 27.4. The van der Waals surface area contributed by atoms with Crippen LogP contribution in [0.1, 0.15) is 41.5 Å². The smallest absolute Gasteiger partial charge is 0.0529 e. The van der Waals surface area contributed by atoms with E-state index in [-0.39, 0.29) is 0 Å². The van der Waals surface area contributed by atoms with Crippen molar-refractivity contribution in [1.29, 1.82) is 0 Å². The molecule has 2 aliphatic rings. The molecule has 3 heteroatoms. The molecule has 0 amide bonds. The van der Waals surface area contributed by atoms with Crippen molar-refractivity contribution >= 4 is 28.5 Å². The zero-order valence-electron chi connectivity index (χ0n) is 18.4. The van der Waals surface area contributed by atoms with E-state index in [1.807, 2.05) is 30.3 Å². The standard InChI is InChI=1S/C29H29NOS/c31-32(26-11-2-1-3-12-26)22-8-19-30-20-17-25(18-21-30)29-27-13-6-4-9-23(27)15-16-24-10-5-7-14-28(24)29/h1-7,9-16H,8,17-22H2. The van der Waals surface area contributed by atoms with Gasteiger partial charge in [-0.15, -0.1) is 0 Å². The van der Waals surface area contributed by atoms with Gasteiger partial charge in [-0.3, -0.25) is 4.21 Å². The zero-order chi connectivity index (χ0) is 21.8. The minimum absolute atomic E-state index is 0.737. The van der Waals surface area contributed by atoms with E-state index in [4.69, 9.17) is 0 Å². The van der Waals surface area contributed by atoms with Gasteiger partial charge in [0.2, 0.25) is 0 Å². The van der Waals surface area contributed by atoms with Gasteiger partial charge in [-0.2, -0.15) is 0 Å². The molecule has 1 saturated heterocycles. The minimum atomic E-state index is -0.893. The first-order valence-corrected chi connectivity index (χ1v) is 12.9. The lowest BCUT2D eigenvalue weighted by Gasteiger charge is -2.30. The molecule has 2 nitrogen and oxygen atoms in total. The predicted molar refractivity (Wildman–Crippen MR) is 136 cm³/mol. The van der Waals surface area contributed by atoms with Gasteiger partial charge in [0.25, 0.3) is 0 Å². The number of fused-ring (bicyclic) bond motifs is 2. The fourth-order valence-corrected chi connectivity index (χ4v) is 5.94. The molecule has 1 unspecified atom stereocenters. The average molecular weight is 440 g/mol. The molecule has 0 bridgehead atoms. The lowest BCUT2D eigenvalue weighted by Crippen LogP contribution is -2.32. The molecule has 1 fully saturated rings. The van der Waals surface area contributed by atoms with Gasteiger partial charge in [-0.05, 0) is 65.8 Å². The van der Waals surface area contributed by atoms with E-state index in [9.17, 15) is 4.21 Å². The zero-order valence-corrected chi connectivity index (χ0v) is 19.2. The van der Waals surface area contributed by atoms with Gasteiger partial charge in [0.1, 0.15) is 0 Å². The Morgan fingerprint density at radius 1 is 0.719 bits per heavy atom. The van der Waals surface area contributed by atoms with Crippen LogP contribution < -0.4 is 0 Å². The normalized spacial score (nSPS) is 16.9. The second kappa shape index (κ2) is 9.81. The van der Waals surface area contributed by atoms with E-state index in [0.29, 0.717) is 0 Å². The van der Waals surface area contributed by atoms with Gasteiger partial charge < -0.3 is 4.90 Å². The van der Waals surface area contributed by atoms with Crippen molar-refractivity contribution in [2.24, 2.45) is 0 Å². The van der Waals surface area contributed by atoms with Crippen molar-refractivity contribution in [1.82, 2.24) is 4.90 Å². The van der Waals surface area contributed by atoms with Crippen molar-refractivity contribution in [3.8, 4) is 0 Å². The molecular weight excluding hydrogens is 410 g/mol. The summed E-state index contributed by atoms with van der Waals surface area (Å²) in [7, 11) is -0.893. The molecule has 1 heterocycles. The third kappa shape index (κ3) is 4.55. The van der Waals surface area contributed by atoms with E-state index in [0.717, 1.165) is 49.5 Å². The lowest BCUT2D eigenvalue weighted by molar-refractivity contribution is 0.258. The van der Waals surface area contributed by atoms with Crippen molar-refractivity contribution in [3.63, 3.8) is 0 Å². The van der Waals surface area contributed by atoms with Crippen molar-refractivity contribution < 1.29 is 4.21 Å². The third-order valence-corrected chi connectivity index (χ3v) is 7.98. The monoisotopic (exact) mass is 439 g/mol. The highest BCUT2D eigenvalue weighted by molar-refractivity contribution is 7.85. The summed E-state index contributed by atoms with van der Waals surface area (Å²) in [5, 5.41) is 0. The molecule has 1 atom stereocenters. The van der Waals surface area contributed by atoms with Crippen LogP contribution in [-0.4, -0.2) is 34.5 Å². The second-order valence-corrected chi connectivity index (χ2v) is 10.1. The quantitative estimate of drug-likeness (QED) is 0.365. The van der Waals surface area contributed by atoms with Crippen LogP contribution in [0.5, 0.6) is 0 Å². The van der Waals surface area contributed by atoms with Gasteiger partial charge in [0, 0.05) is 23.7 Å². The Kier molecular flexibility index (Phi) is 6.47. The van der Waals surface area contributed by atoms with E-state index in [2.05, 4.69) is 65.6 Å². The second-order valence-electron chi connectivity index (χ2n) is 8.54. The first-order chi connectivity index (χ1) is 15.8. The van der Waals surface area contributed by atoms with Crippen molar-refractivity contribution in [2.45, 2.75) is 24.2 Å². The highest BCUT2D eigenvalue weighted by atomic mass is 32.2. The number of hydrogen-bond donors (Lipinski definition) is 0. The summed E-state index contributed by atoms with van der Waals surface area (Å²) in [4.78, 5) is 3.48. The molecule has 0 spiro atoms. The molecule has 0 aromatic heterocycles. The molecule has 3 aromatic carbocycles. The summed E-state index contributed by atoms with van der Waals surface area (Å²) < 4.78 is 12.5. The van der Waals surface area contributed by atoms with Gasteiger partial charge in [-0.25, -0.2) is 0 Å². The topological polar surface area (TPSA) is 20.3 Å². The van der Waals surface area contributed by atoms with Crippen LogP contribution in [0.25, 0.3) is 17.7 Å². The average Bonchev–Trinajstić information content (AvgIpc) is 3.02. The van der Waals surface area contributed by atoms with Crippen LogP contribution >= 0.6 is 0 Å². The number of likely N-dealkylation sites (tertiary alicyclic amines) is 1. The first kappa shape index (κ1) is 21.1. The first-order valence-electron chi connectivity index (χ1n) is 11.5. The van der Waals surface area contributed by atoms with Gasteiger partial charge in [0.05, 0.1) is 10.8 Å². The molecule has 0 saturated carbocycles. The number of piperidine rings is 1. The summed E-state index contributed by atoms with van der Waals surface area (Å²) >= 11 is 0. The van der Waals surface area contributed by atoms with E-state index in [1.165, 1.54) is 27.8 Å². The largest absolute Gasteiger partial charge is 0.303 e. The molecule has 162 valence electrons. The Bertz CT molecular complexity index is 1120. The number of rotatable bonds is 5. The third-order valence-electron chi connectivity index (χ3n) is 6.53. The fraction of sp³-hybridized carbons (Fsp3) is 0.241. The maximum atomic E-state index is 12.5. The van der Waals surface area contributed by atoms with Crippen LogP contribution in [0.2, 0.25) is 0 Å². The Hall–Kier alpha value is -2.75. The highest BCUT2D eigenvalue weighted by Crippen LogP contribution is 2.38. The Morgan fingerprint density at radius 2 is 1.28 bits per heavy atom. The molecule has 1 aliphatic carbocycles.